The lowest BCUT2D eigenvalue weighted by Gasteiger charge is -2.18. The van der Waals surface area contributed by atoms with Gasteiger partial charge in [-0.05, 0) is 134 Å². The largest absolute Gasteiger partial charge is 0.308 e. The molecule has 12 aromatic rings. The number of fused-ring (bicyclic) bond motifs is 6. The van der Waals surface area contributed by atoms with Crippen LogP contribution in [0.2, 0.25) is 0 Å². The SMILES string of the molecule is Cc1cc(C)c(-c2ccc3c4ccc(-c5c(C)cc(C)cc5C)cc4n(-c4ccc(-c5cccc6sc7ccccc7c56)cc4-c4nc(-c5ccccc5)nc(-c5ccccc5)n4)c3c2)c(C)c1. The topological polar surface area (TPSA) is 43.6 Å². The van der Waals surface area contributed by atoms with Crippen LogP contribution in [0.5, 0.6) is 0 Å². The number of hydrogen-bond donors (Lipinski definition) is 0. The van der Waals surface area contributed by atoms with Gasteiger partial charge < -0.3 is 4.57 Å². The summed E-state index contributed by atoms with van der Waals surface area (Å²) in [7, 11) is 0. The molecule has 0 unspecified atom stereocenters. The maximum atomic E-state index is 5.43. The van der Waals surface area contributed by atoms with E-state index in [2.05, 4.69) is 192 Å². The van der Waals surface area contributed by atoms with Gasteiger partial charge in [0.2, 0.25) is 0 Å². The Morgan fingerprint density at radius 1 is 0.353 bits per heavy atom. The second-order valence-electron chi connectivity index (χ2n) is 18.4. The van der Waals surface area contributed by atoms with Crippen LogP contribution in [0.25, 0.3) is 115 Å². The van der Waals surface area contributed by atoms with Crippen molar-refractivity contribution in [2.45, 2.75) is 41.5 Å². The smallest absolute Gasteiger partial charge is 0.166 e. The normalized spacial score (nSPS) is 11.7. The van der Waals surface area contributed by atoms with Gasteiger partial charge in [-0.2, -0.15) is 0 Å². The summed E-state index contributed by atoms with van der Waals surface area (Å²) in [5, 5.41) is 4.89. The molecule has 0 saturated carbocycles. The van der Waals surface area contributed by atoms with Crippen molar-refractivity contribution in [3.8, 4) is 73.2 Å². The van der Waals surface area contributed by atoms with E-state index in [-0.39, 0.29) is 0 Å². The second kappa shape index (κ2) is 16.4. The van der Waals surface area contributed by atoms with Gasteiger partial charge in [-0.1, -0.05) is 157 Å². The molecule has 0 N–H and O–H groups in total. The molecule has 3 aromatic heterocycles. The quantitative estimate of drug-likeness (QED) is 0.160. The van der Waals surface area contributed by atoms with Crippen molar-refractivity contribution < 1.29 is 0 Å². The summed E-state index contributed by atoms with van der Waals surface area (Å²) in [4.78, 5) is 16.0. The number of benzene rings is 9. The predicted molar refractivity (Wildman–Crippen MR) is 288 cm³/mol. The Hall–Kier alpha value is -7.99. The molecule has 0 spiro atoms. The first-order valence-electron chi connectivity index (χ1n) is 23.3. The fourth-order valence-electron chi connectivity index (χ4n) is 10.9. The molecule has 326 valence electrons. The average molecular weight is 893 g/mol. The summed E-state index contributed by atoms with van der Waals surface area (Å²) in [5.74, 6) is 1.85. The molecule has 0 aliphatic carbocycles. The van der Waals surface area contributed by atoms with Gasteiger partial charge in [0.1, 0.15) is 0 Å². The molecule has 0 atom stereocenters. The van der Waals surface area contributed by atoms with Crippen molar-refractivity contribution in [2.75, 3.05) is 0 Å². The molecular weight excluding hydrogens is 845 g/mol. The monoisotopic (exact) mass is 892 g/mol. The maximum absolute atomic E-state index is 5.43. The molecule has 12 rings (SSSR count). The lowest BCUT2D eigenvalue weighted by Crippen LogP contribution is -2.04. The first-order valence-corrected chi connectivity index (χ1v) is 24.2. The number of rotatable bonds is 7. The molecule has 9 aromatic carbocycles. The highest BCUT2D eigenvalue weighted by Gasteiger charge is 2.23. The first-order chi connectivity index (χ1) is 33.2. The lowest BCUT2D eigenvalue weighted by atomic mass is 9.92. The van der Waals surface area contributed by atoms with E-state index in [4.69, 9.17) is 15.0 Å². The predicted octanol–water partition coefficient (Wildman–Crippen LogP) is 17.2. The lowest BCUT2D eigenvalue weighted by molar-refractivity contribution is 1.06. The minimum Gasteiger partial charge on any atom is -0.308 e. The summed E-state index contributed by atoms with van der Waals surface area (Å²) in [6.45, 7) is 13.3. The van der Waals surface area contributed by atoms with Crippen LogP contribution in [0, 0.1) is 41.5 Å². The van der Waals surface area contributed by atoms with Crippen LogP contribution in [0.1, 0.15) is 33.4 Å². The third-order valence-corrected chi connectivity index (χ3v) is 14.7. The van der Waals surface area contributed by atoms with Crippen LogP contribution in [0.4, 0.5) is 0 Å². The Morgan fingerprint density at radius 3 is 1.40 bits per heavy atom. The van der Waals surface area contributed by atoms with Crippen molar-refractivity contribution in [1.82, 2.24) is 19.5 Å². The summed E-state index contributed by atoms with van der Waals surface area (Å²) in [5.41, 5.74) is 20.8. The van der Waals surface area contributed by atoms with Gasteiger partial charge in [-0.3, -0.25) is 0 Å². The van der Waals surface area contributed by atoms with Crippen molar-refractivity contribution in [3.63, 3.8) is 0 Å². The van der Waals surface area contributed by atoms with Crippen LogP contribution in [0.3, 0.4) is 0 Å². The van der Waals surface area contributed by atoms with Crippen LogP contribution in [0.15, 0.2) is 182 Å². The number of hydrogen-bond acceptors (Lipinski definition) is 4. The summed E-state index contributed by atoms with van der Waals surface area (Å²) < 4.78 is 5.01. The zero-order chi connectivity index (χ0) is 46.2. The molecule has 0 saturated heterocycles. The zero-order valence-electron chi connectivity index (χ0n) is 39.0. The Bertz CT molecular complexity index is 3750. The van der Waals surface area contributed by atoms with Crippen LogP contribution in [-0.2, 0) is 0 Å². The molecule has 0 aliphatic rings. The highest BCUT2D eigenvalue weighted by Crippen LogP contribution is 2.45. The minimum absolute atomic E-state index is 0.606. The number of thiophene rings is 1. The maximum Gasteiger partial charge on any atom is 0.166 e. The summed E-state index contributed by atoms with van der Waals surface area (Å²) in [6, 6.07) is 66.1. The Labute approximate surface area is 400 Å². The summed E-state index contributed by atoms with van der Waals surface area (Å²) >= 11 is 1.84. The van der Waals surface area contributed by atoms with Crippen LogP contribution in [-0.4, -0.2) is 19.5 Å². The molecule has 3 heterocycles. The number of aryl methyl sites for hydroxylation is 6. The van der Waals surface area contributed by atoms with Gasteiger partial charge >= 0.3 is 0 Å². The van der Waals surface area contributed by atoms with E-state index in [9.17, 15) is 0 Å². The van der Waals surface area contributed by atoms with Gasteiger partial charge in [0.15, 0.2) is 17.5 Å². The standard InChI is InChI=1S/C63H48N4S/c1-37-30-39(3)58(40(4)31-37)46-24-27-49-50-28-25-47(59-41(5)32-38(2)33-42(59)6)36-55(50)67(54(49)35-46)53-29-26-45(48-21-15-23-57-60(48)51-20-13-14-22-56(51)68-57)34-52(53)63-65-61(43-16-9-7-10-17-43)64-62(66-63)44-18-11-8-12-19-44/h7-36H,1-6H3. The molecule has 68 heavy (non-hydrogen) atoms. The van der Waals surface area contributed by atoms with Gasteiger partial charge in [0.05, 0.1) is 16.7 Å². The minimum atomic E-state index is 0.606. The molecule has 0 amide bonds. The van der Waals surface area contributed by atoms with E-state index >= 15 is 0 Å². The fourth-order valence-corrected chi connectivity index (χ4v) is 12.0. The molecule has 0 fully saturated rings. The van der Waals surface area contributed by atoms with Gasteiger partial charge in [-0.15, -0.1) is 11.3 Å². The zero-order valence-corrected chi connectivity index (χ0v) is 39.8. The Balaban J connectivity index is 1.21. The van der Waals surface area contributed by atoms with Crippen molar-refractivity contribution in [2.24, 2.45) is 0 Å². The van der Waals surface area contributed by atoms with Gasteiger partial charge in [0, 0.05) is 47.6 Å². The second-order valence-corrected chi connectivity index (χ2v) is 19.5. The van der Waals surface area contributed by atoms with E-state index in [1.165, 1.54) is 92.1 Å². The van der Waals surface area contributed by atoms with Crippen molar-refractivity contribution in [3.05, 3.63) is 215 Å². The molecule has 0 bridgehead atoms. The molecule has 0 aliphatic heterocycles. The van der Waals surface area contributed by atoms with Gasteiger partial charge in [-0.25, -0.2) is 15.0 Å². The van der Waals surface area contributed by atoms with Crippen molar-refractivity contribution >= 4 is 53.3 Å². The average Bonchev–Trinajstić information content (AvgIpc) is 3.89. The van der Waals surface area contributed by atoms with E-state index < -0.39 is 0 Å². The van der Waals surface area contributed by atoms with E-state index in [0.717, 1.165) is 39.0 Å². The summed E-state index contributed by atoms with van der Waals surface area (Å²) in [6.07, 6.45) is 0. The third-order valence-electron chi connectivity index (χ3n) is 13.6. The first kappa shape index (κ1) is 41.4. The molecule has 0 radical (unpaired) electrons. The highest BCUT2D eigenvalue weighted by atomic mass is 32.1. The fraction of sp³-hybridized carbons (Fsp3) is 0.0952. The van der Waals surface area contributed by atoms with E-state index in [1.54, 1.807) is 0 Å². The van der Waals surface area contributed by atoms with E-state index in [0.29, 0.717) is 17.5 Å². The molecule has 4 nitrogen and oxygen atoms in total. The van der Waals surface area contributed by atoms with Crippen molar-refractivity contribution in [1.29, 1.82) is 0 Å². The van der Waals surface area contributed by atoms with Crippen LogP contribution < -0.4 is 0 Å². The van der Waals surface area contributed by atoms with Crippen LogP contribution >= 0.6 is 11.3 Å². The molecular formula is C63H48N4S. The van der Waals surface area contributed by atoms with Gasteiger partial charge in [0.25, 0.3) is 0 Å². The number of nitrogens with zero attached hydrogens (tertiary/aromatic N) is 4. The Kier molecular flexibility index (Phi) is 10.00. The highest BCUT2D eigenvalue weighted by molar-refractivity contribution is 7.25. The number of aromatic nitrogens is 4. The third kappa shape index (κ3) is 7.01. The molecule has 5 heteroatoms. The van der Waals surface area contributed by atoms with E-state index in [1.807, 2.05) is 47.7 Å². The Morgan fingerprint density at radius 2 is 0.838 bits per heavy atom.